The normalized spacial score (nSPS) is 11.6. The third-order valence-corrected chi connectivity index (χ3v) is 3.50. The monoisotopic (exact) mass is 273 g/mol. The highest BCUT2D eigenvalue weighted by molar-refractivity contribution is 5.90. The lowest BCUT2D eigenvalue weighted by Gasteiger charge is -1.99. The van der Waals surface area contributed by atoms with Crippen molar-refractivity contribution in [2.24, 2.45) is 0 Å². The van der Waals surface area contributed by atoms with Crippen LogP contribution in [-0.4, -0.2) is 9.97 Å². The Hall–Kier alpha value is -2.86. The van der Waals surface area contributed by atoms with Gasteiger partial charge in [0.1, 0.15) is 11.9 Å². The predicted molar refractivity (Wildman–Crippen MR) is 85.5 cm³/mol. The summed E-state index contributed by atoms with van der Waals surface area (Å²) in [6, 6.07) is 16.2. The molecule has 2 aromatic carbocycles. The minimum Gasteiger partial charge on any atom is -0.337 e. The first-order valence-electron chi connectivity index (χ1n) is 6.81. The molecule has 3 aromatic rings. The fourth-order valence-electron chi connectivity index (χ4n) is 2.31. The number of nitrogens with zero attached hydrogens (tertiary/aromatic N) is 2. The van der Waals surface area contributed by atoms with Gasteiger partial charge in [0.2, 0.25) is 0 Å². The molecule has 3 heteroatoms. The van der Waals surface area contributed by atoms with E-state index >= 15 is 0 Å². The van der Waals surface area contributed by atoms with E-state index in [4.69, 9.17) is 0 Å². The third-order valence-electron chi connectivity index (χ3n) is 3.50. The lowest BCUT2D eigenvalue weighted by Crippen LogP contribution is -1.86. The molecule has 21 heavy (non-hydrogen) atoms. The van der Waals surface area contributed by atoms with Crippen LogP contribution in [0.5, 0.6) is 0 Å². The molecule has 0 radical (unpaired) electrons. The van der Waals surface area contributed by atoms with E-state index in [-0.39, 0.29) is 0 Å². The Kier molecular flexibility index (Phi) is 3.29. The first-order valence-corrected chi connectivity index (χ1v) is 6.81. The number of aromatic nitrogens is 2. The molecule has 0 fully saturated rings. The molecule has 0 aliphatic rings. The molecule has 0 spiro atoms. The Morgan fingerprint density at radius 3 is 2.76 bits per heavy atom. The molecule has 0 amide bonds. The van der Waals surface area contributed by atoms with Gasteiger partial charge in [-0.25, -0.2) is 4.98 Å². The zero-order valence-electron chi connectivity index (χ0n) is 12.0. The average molecular weight is 273 g/mol. The summed E-state index contributed by atoms with van der Waals surface area (Å²) in [5.41, 5.74) is 5.71. The minimum atomic E-state index is 0.540. The summed E-state index contributed by atoms with van der Waals surface area (Å²) in [5, 5.41) is 9.43. The zero-order valence-corrected chi connectivity index (χ0v) is 12.0. The maximum Gasteiger partial charge on any atom is 0.149 e. The Balaban J connectivity index is 2.10. The van der Waals surface area contributed by atoms with Gasteiger partial charge >= 0.3 is 0 Å². The van der Waals surface area contributed by atoms with Crippen LogP contribution in [0, 0.1) is 25.2 Å². The van der Waals surface area contributed by atoms with Gasteiger partial charge in [-0.1, -0.05) is 30.3 Å². The molecule has 3 rings (SSSR count). The van der Waals surface area contributed by atoms with Crippen molar-refractivity contribution in [1.82, 2.24) is 9.97 Å². The number of hydrogen-bond donors (Lipinski definition) is 1. The maximum absolute atomic E-state index is 9.43. The van der Waals surface area contributed by atoms with E-state index < -0.39 is 0 Å². The number of rotatable bonds is 2. The van der Waals surface area contributed by atoms with Crippen LogP contribution in [0.1, 0.15) is 22.5 Å². The highest BCUT2D eigenvalue weighted by Gasteiger charge is 2.08. The zero-order chi connectivity index (χ0) is 14.8. The van der Waals surface area contributed by atoms with Gasteiger partial charge in [-0.3, -0.25) is 0 Å². The minimum absolute atomic E-state index is 0.540. The van der Waals surface area contributed by atoms with Gasteiger partial charge in [0, 0.05) is 0 Å². The number of fused-ring (bicyclic) bond motifs is 1. The van der Waals surface area contributed by atoms with E-state index in [2.05, 4.69) is 16.0 Å². The summed E-state index contributed by atoms with van der Waals surface area (Å²) >= 11 is 0. The molecule has 0 aliphatic carbocycles. The van der Waals surface area contributed by atoms with Gasteiger partial charge in [-0.15, -0.1) is 0 Å². The molecular weight excluding hydrogens is 258 g/mol. The molecule has 1 N–H and O–H groups in total. The molecule has 0 unspecified atom stereocenters. The molecule has 0 bridgehead atoms. The molecular formula is C18H15N3. The predicted octanol–water partition coefficient (Wildman–Crippen LogP) is 4.24. The number of imidazole rings is 1. The van der Waals surface area contributed by atoms with Crippen LogP contribution in [0.15, 0.2) is 42.5 Å². The largest absolute Gasteiger partial charge is 0.337 e. The van der Waals surface area contributed by atoms with Gasteiger partial charge in [-0.2, -0.15) is 5.26 Å². The Labute approximate surface area is 123 Å². The van der Waals surface area contributed by atoms with Crippen LogP contribution < -0.4 is 0 Å². The van der Waals surface area contributed by atoms with Crippen LogP contribution in [0.2, 0.25) is 0 Å². The van der Waals surface area contributed by atoms with E-state index in [0.717, 1.165) is 22.2 Å². The van der Waals surface area contributed by atoms with Crippen molar-refractivity contribution in [1.29, 1.82) is 5.26 Å². The van der Waals surface area contributed by atoms with Crippen molar-refractivity contribution in [3.8, 4) is 6.07 Å². The maximum atomic E-state index is 9.43. The van der Waals surface area contributed by atoms with Crippen LogP contribution in [-0.2, 0) is 0 Å². The fourth-order valence-corrected chi connectivity index (χ4v) is 2.31. The Morgan fingerprint density at radius 1 is 1.19 bits per heavy atom. The summed E-state index contributed by atoms with van der Waals surface area (Å²) in [6.45, 7) is 4.07. The Bertz CT molecular complexity index is 879. The van der Waals surface area contributed by atoms with E-state index in [1.165, 1.54) is 5.56 Å². The van der Waals surface area contributed by atoms with Gasteiger partial charge in [0.05, 0.1) is 16.6 Å². The summed E-state index contributed by atoms with van der Waals surface area (Å²) in [6.07, 6.45) is 1.87. The topological polar surface area (TPSA) is 52.5 Å². The number of benzene rings is 2. The molecule has 0 atom stereocenters. The van der Waals surface area contributed by atoms with Crippen LogP contribution >= 0.6 is 0 Å². The van der Waals surface area contributed by atoms with Gasteiger partial charge in [0.15, 0.2) is 0 Å². The Morgan fingerprint density at radius 2 is 2.00 bits per heavy atom. The molecule has 0 aliphatic heterocycles. The smallest absolute Gasteiger partial charge is 0.149 e. The highest BCUT2D eigenvalue weighted by Crippen LogP contribution is 2.21. The fraction of sp³-hybridized carbons (Fsp3) is 0.111. The van der Waals surface area contributed by atoms with Crippen LogP contribution in [0.25, 0.3) is 22.7 Å². The number of hydrogen-bond acceptors (Lipinski definition) is 2. The first-order chi connectivity index (χ1) is 10.2. The number of nitriles is 1. The number of aryl methyl sites for hydroxylation is 2. The van der Waals surface area contributed by atoms with Gasteiger partial charge in [0.25, 0.3) is 0 Å². The van der Waals surface area contributed by atoms with Crippen molar-refractivity contribution >= 4 is 22.7 Å². The van der Waals surface area contributed by atoms with Crippen molar-refractivity contribution in [3.63, 3.8) is 0 Å². The second-order valence-corrected chi connectivity index (χ2v) is 5.13. The van der Waals surface area contributed by atoms with E-state index in [9.17, 15) is 5.26 Å². The van der Waals surface area contributed by atoms with E-state index in [0.29, 0.717) is 11.4 Å². The number of allylic oxidation sites excluding steroid dienone is 1. The summed E-state index contributed by atoms with van der Waals surface area (Å²) in [7, 11) is 0. The van der Waals surface area contributed by atoms with Gasteiger partial charge in [-0.05, 0) is 48.7 Å². The molecule has 0 saturated carbocycles. The first kappa shape index (κ1) is 13.1. The lowest BCUT2D eigenvalue weighted by molar-refractivity contribution is 1.27. The SMILES string of the molecule is Cc1ccc2nc(/C(C#N)=C\c3ccccc3C)[nH]c2c1. The van der Waals surface area contributed by atoms with Crippen molar-refractivity contribution < 1.29 is 0 Å². The molecule has 0 saturated heterocycles. The molecule has 102 valence electrons. The van der Waals surface area contributed by atoms with Crippen LogP contribution in [0.3, 0.4) is 0 Å². The molecule has 1 heterocycles. The summed E-state index contributed by atoms with van der Waals surface area (Å²) < 4.78 is 0. The lowest BCUT2D eigenvalue weighted by atomic mass is 10.1. The summed E-state index contributed by atoms with van der Waals surface area (Å²) in [4.78, 5) is 7.73. The number of nitrogens with one attached hydrogen (secondary N) is 1. The van der Waals surface area contributed by atoms with Gasteiger partial charge < -0.3 is 4.98 Å². The van der Waals surface area contributed by atoms with E-state index in [1.807, 2.05) is 62.4 Å². The quantitative estimate of drug-likeness (QED) is 0.710. The van der Waals surface area contributed by atoms with Crippen molar-refractivity contribution in [2.45, 2.75) is 13.8 Å². The highest BCUT2D eigenvalue weighted by atomic mass is 14.9. The second-order valence-electron chi connectivity index (χ2n) is 5.13. The van der Waals surface area contributed by atoms with Crippen molar-refractivity contribution in [3.05, 3.63) is 65.0 Å². The van der Waals surface area contributed by atoms with Crippen molar-refractivity contribution in [2.75, 3.05) is 0 Å². The number of aromatic amines is 1. The molecule has 1 aromatic heterocycles. The summed E-state index contributed by atoms with van der Waals surface area (Å²) in [5.74, 6) is 0.612. The third kappa shape index (κ3) is 2.56. The second kappa shape index (κ2) is 5.26. The number of H-pyrrole nitrogens is 1. The van der Waals surface area contributed by atoms with E-state index in [1.54, 1.807) is 0 Å². The standard InChI is InChI=1S/C18H15N3/c1-12-7-8-16-17(9-12)21-18(20-16)15(11-19)10-14-6-4-3-5-13(14)2/h3-10H,1-2H3,(H,20,21)/b15-10-. The van der Waals surface area contributed by atoms with Crippen LogP contribution in [0.4, 0.5) is 0 Å². The molecule has 3 nitrogen and oxygen atoms in total. The average Bonchev–Trinajstić information content (AvgIpc) is 2.89.